The summed E-state index contributed by atoms with van der Waals surface area (Å²) in [7, 11) is 0. The smallest absolute Gasteiger partial charge is 0.319 e. The maximum absolute atomic E-state index is 13.9. The quantitative estimate of drug-likeness (QED) is 0.286. The Labute approximate surface area is 202 Å². The summed E-state index contributed by atoms with van der Waals surface area (Å²) in [4.78, 5) is 28.0. The Hall–Kier alpha value is -3.51. The monoisotopic (exact) mass is 510 g/mol. The largest absolute Gasteiger partial charge is 0.471 e. The Morgan fingerprint density at radius 3 is 2.47 bits per heavy atom. The molecule has 3 aromatic rings. The number of rotatable bonds is 11. The molecule has 0 bridgehead atoms. The van der Waals surface area contributed by atoms with Crippen LogP contribution in [0.2, 0.25) is 5.02 Å². The number of nitrogens with zero attached hydrogens (tertiary/aromatic N) is 2. The van der Waals surface area contributed by atoms with Crippen LogP contribution >= 0.6 is 23.1 Å². The van der Waals surface area contributed by atoms with E-state index in [-0.39, 0.29) is 21.5 Å². The number of pyridine rings is 1. The van der Waals surface area contributed by atoms with E-state index in [9.17, 15) is 18.4 Å². The molecule has 180 valence electrons. The topological polar surface area (TPSA) is 131 Å². The summed E-state index contributed by atoms with van der Waals surface area (Å²) >= 11 is 6.35. The minimum absolute atomic E-state index is 0.0522. The van der Waals surface area contributed by atoms with Crippen molar-refractivity contribution < 1.29 is 23.1 Å². The van der Waals surface area contributed by atoms with Crippen molar-refractivity contribution in [1.29, 1.82) is 0 Å². The van der Waals surface area contributed by atoms with Crippen LogP contribution in [0, 0.1) is 11.6 Å². The molecule has 2 heterocycles. The molecule has 2 aromatic heterocycles. The van der Waals surface area contributed by atoms with Crippen molar-refractivity contribution in [3.05, 3.63) is 64.4 Å². The van der Waals surface area contributed by atoms with Crippen molar-refractivity contribution in [2.45, 2.75) is 19.4 Å². The van der Waals surface area contributed by atoms with Crippen LogP contribution in [-0.4, -0.2) is 34.4 Å². The molecule has 0 aliphatic rings. The number of nitrogens with two attached hydrogens (primary N) is 1. The number of amides is 3. The molecule has 0 fully saturated rings. The van der Waals surface area contributed by atoms with Crippen LogP contribution < -0.4 is 26.4 Å². The van der Waals surface area contributed by atoms with Gasteiger partial charge >= 0.3 is 6.03 Å². The van der Waals surface area contributed by atoms with Gasteiger partial charge in [0.1, 0.15) is 28.8 Å². The molecule has 0 spiro atoms. The molecule has 34 heavy (non-hydrogen) atoms. The first kappa shape index (κ1) is 25.1. The molecule has 0 atom stereocenters. The van der Waals surface area contributed by atoms with Crippen molar-refractivity contribution in [2.24, 2.45) is 5.73 Å². The summed E-state index contributed by atoms with van der Waals surface area (Å²) in [6.07, 6.45) is 4.91. The van der Waals surface area contributed by atoms with E-state index in [0.717, 1.165) is 42.3 Å². The fourth-order valence-electron chi connectivity index (χ4n) is 2.83. The number of nitrogens with one attached hydrogen (secondary N) is 3. The van der Waals surface area contributed by atoms with Crippen LogP contribution in [0.25, 0.3) is 0 Å². The third kappa shape index (κ3) is 6.99. The fraction of sp³-hybridized carbons (Fsp3) is 0.238. The number of hydrogen-bond acceptors (Lipinski definition) is 7. The van der Waals surface area contributed by atoms with E-state index in [1.165, 1.54) is 0 Å². The standard InChI is InChI=1S/C21H21ClF2N6O3S/c22-12-9-15(23)14(16(24)10-12)11-33-19-17(18(25)31)20(34-30-19)29-21(32)28-6-2-1-5-27-13-3-7-26-8-4-13/h3-4,7-10H,1-2,5-6,11H2,(H2,25,31)(H,26,27)(H2,28,29,32). The zero-order valence-electron chi connectivity index (χ0n) is 17.7. The molecule has 5 N–H and O–H groups in total. The number of primary amides is 1. The molecule has 0 unspecified atom stereocenters. The van der Waals surface area contributed by atoms with Crippen molar-refractivity contribution in [1.82, 2.24) is 14.7 Å². The molecular weight excluding hydrogens is 490 g/mol. The summed E-state index contributed by atoms with van der Waals surface area (Å²) in [5.74, 6) is -2.98. The lowest BCUT2D eigenvalue weighted by molar-refractivity contribution is 0.0996. The second-order valence-electron chi connectivity index (χ2n) is 6.94. The van der Waals surface area contributed by atoms with E-state index in [2.05, 4.69) is 25.3 Å². The minimum Gasteiger partial charge on any atom is -0.471 e. The fourth-order valence-corrected chi connectivity index (χ4v) is 3.76. The summed E-state index contributed by atoms with van der Waals surface area (Å²) in [5, 5.41) is 8.35. The van der Waals surface area contributed by atoms with Crippen LogP contribution in [0.3, 0.4) is 0 Å². The zero-order valence-corrected chi connectivity index (χ0v) is 19.3. The number of aromatic nitrogens is 2. The van der Waals surface area contributed by atoms with Crippen molar-refractivity contribution in [3.63, 3.8) is 0 Å². The van der Waals surface area contributed by atoms with Gasteiger partial charge < -0.3 is 21.1 Å². The van der Waals surface area contributed by atoms with Gasteiger partial charge in [-0.05, 0) is 48.6 Å². The molecule has 1 aromatic carbocycles. The normalized spacial score (nSPS) is 10.6. The zero-order chi connectivity index (χ0) is 24.5. The van der Waals surface area contributed by atoms with Gasteiger partial charge in [-0.15, -0.1) is 0 Å². The number of ether oxygens (including phenoxy) is 1. The number of carbonyl (C=O) groups is 2. The first-order chi connectivity index (χ1) is 16.3. The van der Waals surface area contributed by atoms with Crippen molar-refractivity contribution in [2.75, 3.05) is 23.7 Å². The maximum Gasteiger partial charge on any atom is 0.319 e. The van der Waals surface area contributed by atoms with Gasteiger partial charge in [0.15, 0.2) is 0 Å². The molecule has 13 heteroatoms. The third-order valence-electron chi connectivity index (χ3n) is 4.49. The average Bonchev–Trinajstić information content (AvgIpc) is 3.18. The highest BCUT2D eigenvalue weighted by Gasteiger charge is 2.23. The Balaban J connectivity index is 1.49. The highest BCUT2D eigenvalue weighted by Crippen LogP contribution is 2.31. The van der Waals surface area contributed by atoms with Crippen LogP contribution in [0.1, 0.15) is 28.8 Å². The number of halogens is 3. The predicted octanol–water partition coefficient (Wildman–Crippen LogP) is 4.16. The lowest BCUT2D eigenvalue weighted by Gasteiger charge is -2.09. The molecule has 0 saturated carbocycles. The van der Waals surface area contributed by atoms with Crippen molar-refractivity contribution in [3.8, 4) is 5.88 Å². The van der Waals surface area contributed by atoms with Crippen LogP contribution in [-0.2, 0) is 6.61 Å². The molecule has 3 amide bonds. The first-order valence-corrected chi connectivity index (χ1v) is 11.2. The minimum atomic E-state index is -0.918. The van der Waals surface area contributed by atoms with Gasteiger partial charge in [-0.2, -0.15) is 4.37 Å². The van der Waals surface area contributed by atoms with E-state index in [0.29, 0.717) is 13.0 Å². The Morgan fingerprint density at radius 1 is 1.12 bits per heavy atom. The van der Waals surface area contributed by atoms with Gasteiger partial charge in [0.2, 0.25) is 5.88 Å². The molecular formula is C21H21ClF2N6O3S. The van der Waals surface area contributed by atoms with Gasteiger partial charge in [0.25, 0.3) is 5.91 Å². The number of carbonyl (C=O) groups excluding carboxylic acids is 2. The van der Waals surface area contributed by atoms with E-state index in [1.54, 1.807) is 12.4 Å². The third-order valence-corrected chi connectivity index (χ3v) is 5.46. The van der Waals surface area contributed by atoms with Crippen LogP contribution in [0.5, 0.6) is 5.88 Å². The second kappa shape index (κ2) is 12.1. The second-order valence-corrected chi connectivity index (χ2v) is 8.15. The number of anilines is 2. The number of hydrogen-bond donors (Lipinski definition) is 4. The molecule has 0 radical (unpaired) electrons. The Bertz CT molecular complexity index is 1130. The maximum atomic E-state index is 13.9. The molecule has 0 aliphatic heterocycles. The lowest BCUT2D eigenvalue weighted by Crippen LogP contribution is -2.30. The Kier molecular flexibility index (Phi) is 8.93. The predicted molar refractivity (Wildman–Crippen MR) is 125 cm³/mol. The summed E-state index contributed by atoms with van der Waals surface area (Å²) in [6, 6.07) is 5.03. The van der Waals surface area contributed by atoms with Crippen molar-refractivity contribution >= 4 is 45.8 Å². The first-order valence-electron chi connectivity index (χ1n) is 10.1. The number of benzene rings is 1. The number of urea groups is 1. The van der Waals surface area contributed by atoms with Crippen LogP contribution in [0.15, 0.2) is 36.7 Å². The molecule has 9 nitrogen and oxygen atoms in total. The molecule has 3 rings (SSSR count). The van der Waals surface area contributed by atoms with Crippen LogP contribution in [0.4, 0.5) is 24.3 Å². The lowest BCUT2D eigenvalue weighted by atomic mass is 10.2. The summed E-state index contributed by atoms with van der Waals surface area (Å²) in [6.45, 7) is 0.564. The van der Waals surface area contributed by atoms with Gasteiger partial charge in [-0.1, -0.05) is 11.6 Å². The van der Waals surface area contributed by atoms with E-state index >= 15 is 0 Å². The summed E-state index contributed by atoms with van der Waals surface area (Å²) in [5.41, 5.74) is 5.76. The van der Waals surface area contributed by atoms with Gasteiger partial charge in [0.05, 0.1) is 5.56 Å². The Morgan fingerprint density at radius 2 is 1.79 bits per heavy atom. The highest BCUT2D eigenvalue weighted by atomic mass is 35.5. The van der Waals surface area contributed by atoms with Gasteiger partial charge in [0, 0.05) is 36.2 Å². The van der Waals surface area contributed by atoms with Gasteiger partial charge in [-0.3, -0.25) is 15.1 Å². The summed E-state index contributed by atoms with van der Waals surface area (Å²) < 4.78 is 37.1. The SMILES string of the molecule is NC(=O)c1c(OCc2c(F)cc(Cl)cc2F)nsc1NC(=O)NCCCCNc1ccncc1. The average molecular weight is 511 g/mol. The molecule has 0 saturated heterocycles. The van der Waals surface area contributed by atoms with E-state index in [4.69, 9.17) is 22.1 Å². The van der Waals surface area contributed by atoms with E-state index in [1.807, 2.05) is 12.1 Å². The highest BCUT2D eigenvalue weighted by molar-refractivity contribution is 7.11. The number of unbranched alkanes of at least 4 members (excludes halogenated alkanes) is 1. The van der Waals surface area contributed by atoms with E-state index < -0.39 is 35.7 Å². The molecule has 0 aliphatic carbocycles. The van der Waals surface area contributed by atoms with Gasteiger partial charge in [-0.25, -0.2) is 13.6 Å².